The topological polar surface area (TPSA) is 57.2 Å². The molecule has 7 heteroatoms. The van der Waals surface area contributed by atoms with Gasteiger partial charge in [-0.2, -0.15) is 0 Å². The van der Waals surface area contributed by atoms with Crippen LogP contribution in [0.25, 0.3) is 0 Å². The number of hydrogen-bond donors (Lipinski definition) is 0. The maximum absolute atomic E-state index is 11.6. The third-order valence-electron chi connectivity index (χ3n) is 4.59. The Morgan fingerprint density at radius 2 is 1.24 bits per heavy atom. The van der Waals surface area contributed by atoms with Gasteiger partial charge in [-0.05, 0) is 25.7 Å². The molecule has 0 N–H and O–H groups in total. The highest BCUT2D eigenvalue weighted by Gasteiger charge is 2.33. The molecule has 0 saturated heterocycles. The van der Waals surface area contributed by atoms with Crippen molar-refractivity contribution in [2.45, 2.75) is 97.4 Å². The molecular formula is C22H44INO5. The van der Waals surface area contributed by atoms with E-state index in [0.717, 1.165) is 62.2 Å². The number of carbonyl (C=O) groups excluding carboxylic acids is 1. The highest BCUT2D eigenvalue weighted by Crippen LogP contribution is 2.18. The van der Waals surface area contributed by atoms with Crippen LogP contribution < -0.4 is 0 Å². The van der Waals surface area contributed by atoms with Crippen molar-refractivity contribution < 1.29 is 23.8 Å². The second kappa shape index (κ2) is 21.3. The first kappa shape index (κ1) is 29.0. The average molecular weight is 530 g/mol. The Kier molecular flexibility index (Phi) is 21.3. The molecule has 0 aliphatic heterocycles. The van der Waals surface area contributed by atoms with Gasteiger partial charge in [0.1, 0.15) is 12.2 Å². The normalized spacial score (nSPS) is 14.5. The summed E-state index contributed by atoms with van der Waals surface area (Å²) < 4.78 is 19.5. The number of amides is 1. The van der Waals surface area contributed by atoms with Gasteiger partial charge >= 0.3 is 0 Å². The smallest absolute Gasteiger partial charge is 0.233 e. The number of alkyl halides is 1. The van der Waals surface area contributed by atoms with Gasteiger partial charge in [-0.1, -0.05) is 76.0 Å². The van der Waals surface area contributed by atoms with Crippen molar-refractivity contribution >= 4 is 29.0 Å². The highest BCUT2D eigenvalue weighted by atomic mass is 127. The van der Waals surface area contributed by atoms with Crippen molar-refractivity contribution in [2.24, 2.45) is 0 Å². The van der Waals surface area contributed by atoms with E-state index in [0.29, 0.717) is 33.0 Å². The van der Waals surface area contributed by atoms with E-state index in [4.69, 9.17) is 19.0 Å². The summed E-state index contributed by atoms with van der Waals surface area (Å²) >= 11 is 2.35. The molecule has 174 valence electrons. The predicted molar refractivity (Wildman–Crippen MR) is 126 cm³/mol. The van der Waals surface area contributed by atoms with Crippen LogP contribution in [0.2, 0.25) is 0 Å². The molecular weight excluding hydrogens is 485 g/mol. The Bertz CT molecular complexity index is 362. The number of nitrogens with zero attached hydrogens (tertiary/aromatic N) is 1. The third-order valence-corrected chi connectivity index (χ3v) is 5.45. The summed E-state index contributed by atoms with van der Waals surface area (Å²) in [6.07, 6.45) is 8.30. The van der Waals surface area contributed by atoms with Crippen molar-refractivity contribution in [1.29, 1.82) is 0 Å². The van der Waals surface area contributed by atoms with Crippen LogP contribution in [0, 0.1) is 0 Å². The van der Waals surface area contributed by atoms with Gasteiger partial charge in [0, 0.05) is 24.2 Å². The summed E-state index contributed by atoms with van der Waals surface area (Å²) in [6.45, 7) is 11.4. The molecule has 0 aliphatic rings. The van der Waals surface area contributed by atoms with E-state index in [9.17, 15) is 4.79 Å². The lowest BCUT2D eigenvalue weighted by molar-refractivity contribution is -0.199. The minimum Gasteiger partial charge on any atom is -0.375 e. The fourth-order valence-corrected chi connectivity index (χ4v) is 3.44. The zero-order chi connectivity index (χ0) is 21.7. The number of hydrogen-bond acceptors (Lipinski definition) is 5. The van der Waals surface area contributed by atoms with Crippen LogP contribution in [0.3, 0.4) is 0 Å². The van der Waals surface area contributed by atoms with Gasteiger partial charge in [-0.3, -0.25) is 9.63 Å². The standard InChI is InChI=1S/C22H44INO5/c1-5-9-13-26-20(17-23)22(28-15-11-7-3)21(27-14-10-6-2)18-24(19-25)29-16-12-8-4/h19-22H,5-18H2,1-4H3/t20-,21-,22-/m1/s1. The van der Waals surface area contributed by atoms with Crippen LogP contribution in [-0.4, -0.2) is 67.2 Å². The molecule has 0 radical (unpaired) electrons. The summed E-state index contributed by atoms with van der Waals surface area (Å²) in [5.41, 5.74) is 0. The molecule has 3 atom stereocenters. The summed E-state index contributed by atoms with van der Waals surface area (Å²) in [5.74, 6) is 0. The zero-order valence-electron chi connectivity index (χ0n) is 19.1. The lowest BCUT2D eigenvalue weighted by Crippen LogP contribution is -2.49. The molecule has 0 unspecified atom stereocenters. The molecule has 0 heterocycles. The minimum atomic E-state index is -0.286. The first-order chi connectivity index (χ1) is 14.2. The Hall–Kier alpha value is 0.0400. The van der Waals surface area contributed by atoms with Crippen LogP contribution in [-0.2, 0) is 23.8 Å². The van der Waals surface area contributed by atoms with Crippen molar-refractivity contribution in [3.63, 3.8) is 0 Å². The lowest BCUT2D eigenvalue weighted by atomic mass is 10.1. The molecule has 29 heavy (non-hydrogen) atoms. The lowest BCUT2D eigenvalue weighted by Gasteiger charge is -2.34. The second-order valence-corrected chi connectivity index (χ2v) is 8.14. The Morgan fingerprint density at radius 1 is 0.759 bits per heavy atom. The molecule has 0 aromatic rings. The molecule has 0 spiro atoms. The average Bonchev–Trinajstić information content (AvgIpc) is 2.73. The number of rotatable bonds is 22. The zero-order valence-corrected chi connectivity index (χ0v) is 21.2. The summed E-state index contributed by atoms with van der Waals surface area (Å²) in [5, 5.41) is 1.36. The van der Waals surface area contributed by atoms with Crippen LogP contribution in [0.5, 0.6) is 0 Å². The molecule has 0 rings (SSSR count). The molecule has 0 fully saturated rings. The van der Waals surface area contributed by atoms with Crippen molar-refractivity contribution in [1.82, 2.24) is 5.06 Å². The molecule has 0 aromatic heterocycles. The van der Waals surface area contributed by atoms with Gasteiger partial charge in [-0.15, -0.1) is 0 Å². The second-order valence-electron chi connectivity index (χ2n) is 7.26. The Labute approximate surface area is 192 Å². The maximum atomic E-state index is 11.6. The van der Waals surface area contributed by atoms with E-state index in [-0.39, 0.29) is 18.3 Å². The highest BCUT2D eigenvalue weighted by molar-refractivity contribution is 14.1. The van der Waals surface area contributed by atoms with Gasteiger partial charge in [0.2, 0.25) is 6.41 Å². The maximum Gasteiger partial charge on any atom is 0.233 e. The molecule has 0 aromatic carbocycles. The number of hydroxylamine groups is 2. The minimum absolute atomic E-state index is 0.0743. The third kappa shape index (κ3) is 14.6. The number of ether oxygens (including phenoxy) is 3. The largest absolute Gasteiger partial charge is 0.375 e. The van der Waals surface area contributed by atoms with E-state index in [1.807, 2.05) is 0 Å². The van der Waals surface area contributed by atoms with Crippen LogP contribution >= 0.6 is 22.6 Å². The van der Waals surface area contributed by atoms with E-state index in [2.05, 4.69) is 50.3 Å². The first-order valence-electron chi connectivity index (χ1n) is 11.4. The molecule has 1 amide bonds. The monoisotopic (exact) mass is 529 g/mol. The van der Waals surface area contributed by atoms with Crippen LogP contribution in [0.15, 0.2) is 0 Å². The van der Waals surface area contributed by atoms with Crippen LogP contribution in [0.4, 0.5) is 0 Å². The van der Waals surface area contributed by atoms with E-state index >= 15 is 0 Å². The van der Waals surface area contributed by atoms with Gasteiger partial charge in [0.25, 0.3) is 0 Å². The summed E-state index contributed by atoms with van der Waals surface area (Å²) in [6, 6.07) is 0. The van der Waals surface area contributed by atoms with Gasteiger partial charge in [-0.25, -0.2) is 5.06 Å². The fourth-order valence-electron chi connectivity index (χ4n) is 2.68. The van der Waals surface area contributed by atoms with Crippen LogP contribution in [0.1, 0.15) is 79.1 Å². The van der Waals surface area contributed by atoms with Crippen molar-refractivity contribution in [2.75, 3.05) is 37.4 Å². The molecule has 0 saturated carbocycles. The number of halogens is 1. The van der Waals surface area contributed by atoms with Crippen molar-refractivity contribution in [3.05, 3.63) is 0 Å². The molecule has 0 aliphatic carbocycles. The van der Waals surface area contributed by atoms with E-state index < -0.39 is 0 Å². The van der Waals surface area contributed by atoms with Crippen molar-refractivity contribution in [3.8, 4) is 0 Å². The predicted octanol–water partition coefficient (Wildman–Crippen LogP) is 5.17. The van der Waals surface area contributed by atoms with Gasteiger partial charge in [0.15, 0.2) is 0 Å². The summed E-state index contributed by atoms with van der Waals surface area (Å²) in [4.78, 5) is 17.2. The van der Waals surface area contributed by atoms with Gasteiger partial charge in [0.05, 0.1) is 19.3 Å². The number of unbranched alkanes of at least 4 members (excludes halogenated alkanes) is 4. The fraction of sp³-hybridized carbons (Fsp3) is 0.955. The Morgan fingerprint density at radius 3 is 1.72 bits per heavy atom. The summed E-state index contributed by atoms with van der Waals surface area (Å²) in [7, 11) is 0. The quantitative estimate of drug-likeness (QED) is 0.0637. The molecule has 6 nitrogen and oxygen atoms in total. The van der Waals surface area contributed by atoms with Gasteiger partial charge < -0.3 is 14.2 Å². The Balaban J connectivity index is 5.26. The molecule has 0 bridgehead atoms. The first-order valence-corrected chi connectivity index (χ1v) is 13.0. The van der Waals surface area contributed by atoms with E-state index in [1.54, 1.807) is 0 Å². The SMILES string of the molecule is CCCCO[C@H]([C@@H](CI)OCCCC)[C@@H](CN(C=O)OCCCC)OCCCC. The number of carbonyl (C=O) groups is 1. The van der Waals surface area contributed by atoms with E-state index in [1.165, 1.54) is 5.06 Å².